The fourth-order valence-electron chi connectivity index (χ4n) is 3.89. The van der Waals surface area contributed by atoms with Crippen LogP contribution in [0, 0.1) is 20.2 Å². The summed E-state index contributed by atoms with van der Waals surface area (Å²) in [6.45, 7) is 0. The van der Waals surface area contributed by atoms with E-state index < -0.39 is 57.4 Å². The Hall–Kier alpha value is -4.94. The van der Waals surface area contributed by atoms with Crippen LogP contribution in [0.2, 0.25) is 0 Å². The van der Waals surface area contributed by atoms with Crippen molar-refractivity contribution < 1.29 is 50.2 Å². The summed E-state index contributed by atoms with van der Waals surface area (Å²) in [6, 6.07) is 7.49. The molecular formula is C24H23N3O13S2. The fourth-order valence-corrected chi connectivity index (χ4v) is 5.39. The van der Waals surface area contributed by atoms with Gasteiger partial charge in [-0.1, -0.05) is 0 Å². The summed E-state index contributed by atoms with van der Waals surface area (Å²) in [5.74, 6) is 0.624. The van der Waals surface area contributed by atoms with Crippen molar-refractivity contribution in [3.05, 3.63) is 73.7 Å². The minimum Gasteiger partial charge on any atom is -0.496 e. The van der Waals surface area contributed by atoms with Gasteiger partial charge in [0, 0.05) is 29.4 Å². The van der Waals surface area contributed by atoms with Crippen LogP contribution in [0.3, 0.4) is 0 Å². The van der Waals surface area contributed by atoms with E-state index in [2.05, 4.69) is 4.72 Å². The van der Waals surface area contributed by atoms with Crippen LogP contribution in [0.25, 0.3) is 17.2 Å². The zero-order valence-corrected chi connectivity index (χ0v) is 23.9. The Morgan fingerprint density at radius 2 is 1.40 bits per heavy atom. The second-order valence-electron chi connectivity index (χ2n) is 8.11. The van der Waals surface area contributed by atoms with E-state index in [-0.39, 0.29) is 28.5 Å². The highest BCUT2D eigenvalue weighted by atomic mass is 32.2. The standard InChI is InChI=1S/C24H23N3O13S2/c1-37-15-12-20(39-3)16(21(13-15)40-4)9-10-41(32,33)25-14-5-7-19(38-2)17(11-14)23-18(26(28)29)6-8-22(42(34,35)36)24(23)27(30)31/h5-13,25H,1-4H3,(H,34,35,36). The molecule has 0 saturated heterocycles. The smallest absolute Gasteiger partial charge is 0.305 e. The lowest BCUT2D eigenvalue weighted by Crippen LogP contribution is -2.10. The van der Waals surface area contributed by atoms with Crippen LogP contribution in [0.1, 0.15) is 5.56 Å². The van der Waals surface area contributed by atoms with Gasteiger partial charge >= 0.3 is 15.8 Å². The third kappa shape index (κ3) is 6.67. The molecule has 42 heavy (non-hydrogen) atoms. The SMILES string of the molecule is COc1cc(OC)c(C=CS(=O)(=O)Nc2ccc(OC)c(-c3c([N+](=O)[O-])ccc(S(=O)(=O)O)c3[N+](=O)[O-])c2)c(OC)c1. The van der Waals surface area contributed by atoms with Crippen LogP contribution in [-0.2, 0) is 20.1 Å². The average molecular weight is 626 g/mol. The number of nitro groups is 2. The maximum Gasteiger partial charge on any atom is 0.305 e. The average Bonchev–Trinajstić information content (AvgIpc) is 2.93. The maximum atomic E-state index is 13.0. The zero-order chi connectivity index (χ0) is 31.4. The van der Waals surface area contributed by atoms with Crippen LogP contribution in [0.5, 0.6) is 23.0 Å². The number of nitrogens with zero attached hydrogens (tertiary/aromatic N) is 2. The molecule has 0 radical (unpaired) electrons. The van der Waals surface area contributed by atoms with Crippen molar-refractivity contribution in [2.45, 2.75) is 4.90 Å². The molecule has 0 aromatic heterocycles. The van der Waals surface area contributed by atoms with Crippen LogP contribution in [-0.4, -0.2) is 59.7 Å². The molecule has 18 heteroatoms. The van der Waals surface area contributed by atoms with Crippen LogP contribution in [0.15, 0.2) is 52.8 Å². The van der Waals surface area contributed by atoms with E-state index in [9.17, 15) is 41.6 Å². The molecule has 0 heterocycles. The topological polar surface area (TPSA) is 224 Å². The number of nitrogens with one attached hydrogen (secondary N) is 1. The van der Waals surface area contributed by atoms with E-state index in [0.29, 0.717) is 17.9 Å². The maximum absolute atomic E-state index is 13.0. The quantitative estimate of drug-likeness (QED) is 0.166. The molecule has 16 nitrogen and oxygen atoms in total. The van der Waals surface area contributed by atoms with Crippen molar-refractivity contribution in [1.29, 1.82) is 0 Å². The highest BCUT2D eigenvalue weighted by molar-refractivity contribution is 7.95. The molecule has 224 valence electrons. The van der Waals surface area contributed by atoms with Crippen LogP contribution < -0.4 is 23.7 Å². The minimum atomic E-state index is -5.21. The molecule has 0 aliphatic rings. The Bertz CT molecular complexity index is 1780. The van der Waals surface area contributed by atoms with Crippen molar-refractivity contribution in [3.8, 4) is 34.1 Å². The molecule has 3 aromatic carbocycles. The van der Waals surface area contributed by atoms with Crippen molar-refractivity contribution in [2.75, 3.05) is 33.2 Å². The van der Waals surface area contributed by atoms with Gasteiger partial charge in [0.25, 0.3) is 15.7 Å². The number of nitro benzene ring substituents is 2. The Labute approximate surface area is 239 Å². The Kier molecular flexibility index (Phi) is 9.24. The van der Waals surface area contributed by atoms with Crippen molar-refractivity contribution in [3.63, 3.8) is 0 Å². The monoisotopic (exact) mass is 625 g/mol. The summed E-state index contributed by atoms with van der Waals surface area (Å²) in [4.78, 5) is 20.3. The van der Waals surface area contributed by atoms with Gasteiger partial charge in [0.15, 0.2) is 4.90 Å². The van der Waals surface area contributed by atoms with E-state index in [1.165, 1.54) is 45.6 Å². The number of hydrogen-bond acceptors (Lipinski definition) is 12. The first-order valence-corrected chi connectivity index (χ1v) is 14.3. The third-order valence-electron chi connectivity index (χ3n) is 5.67. The minimum absolute atomic E-state index is 0.208. The highest BCUT2D eigenvalue weighted by Crippen LogP contribution is 2.46. The van der Waals surface area contributed by atoms with E-state index in [1.807, 2.05) is 0 Å². The largest absolute Gasteiger partial charge is 0.496 e. The van der Waals surface area contributed by atoms with Gasteiger partial charge in [-0.2, -0.15) is 8.42 Å². The van der Waals surface area contributed by atoms with E-state index in [0.717, 1.165) is 24.7 Å². The number of methoxy groups -OCH3 is 4. The van der Waals surface area contributed by atoms with E-state index in [1.54, 1.807) is 0 Å². The summed E-state index contributed by atoms with van der Waals surface area (Å²) in [5, 5.41) is 24.5. The second-order valence-corrected chi connectivity index (χ2v) is 11.1. The zero-order valence-electron chi connectivity index (χ0n) is 22.3. The van der Waals surface area contributed by atoms with Gasteiger partial charge in [-0.25, -0.2) is 8.42 Å². The van der Waals surface area contributed by atoms with Gasteiger partial charge in [0.05, 0.1) is 49.3 Å². The van der Waals surface area contributed by atoms with Crippen molar-refractivity contribution >= 4 is 43.3 Å². The van der Waals surface area contributed by atoms with Gasteiger partial charge in [-0.3, -0.25) is 29.5 Å². The van der Waals surface area contributed by atoms with Crippen molar-refractivity contribution in [2.24, 2.45) is 0 Å². The van der Waals surface area contributed by atoms with Gasteiger partial charge < -0.3 is 18.9 Å². The lowest BCUT2D eigenvalue weighted by molar-refractivity contribution is -0.394. The molecule has 0 atom stereocenters. The Morgan fingerprint density at radius 3 is 1.88 bits per heavy atom. The number of rotatable bonds is 12. The van der Waals surface area contributed by atoms with Crippen molar-refractivity contribution in [1.82, 2.24) is 0 Å². The van der Waals surface area contributed by atoms with E-state index in [4.69, 9.17) is 18.9 Å². The molecule has 3 aromatic rings. The Morgan fingerprint density at radius 1 is 0.810 bits per heavy atom. The summed E-state index contributed by atoms with van der Waals surface area (Å²) < 4.78 is 82.4. The first-order valence-electron chi connectivity index (χ1n) is 11.3. The molecule has 3 rings (SSSR count). The predicted molar refractivity (Wildman–Crippen MR) is 149 cm³/mol. The number of benzene rings is 3. The second kappa shape index (κ2) is 12.3. The van der Waals surface area contributed by atoms with Gasteiger partial charge in [0.1, 0.15) is 28.6 Å². The lowest BCUT2D eigenvalue weighted by Gasteiger charge is -2.14. The Balaban J connectivity index is 2.18. The number of hydrogen-bond donors (Lipinski definition) is 2. The molecule has 0 aliphatic carbocycles. The normalized spacial score (nSPS) is 11.6. The summed E-state index contributed by atoms with van der Waals surface area (Å²) in [7, 11) is -4.27. The first kappa shape index (κ1) is 31.6. The van der Waals surface area contributed by atoms with Crippen LogP contribution >= 0.6 is 0 Å². The molecule has 2 N–H and O–H groups in total. The van der Waals surface area contributed by atoms with E-state index >= 15 is 0 Å². The summed E-state index contributed by atoms with van der Waals surface area (Å²) in [5.41, 5.74) is -3.47. The molecule has 0 bridgehead atoms. The van der Waals surface area contributed by atoms with Gasteiger partial charge in [-0.15, -0.1) is 0 Å². The van der Waals surface area contributed by atoms with Gasteiger partial charge in [-0.05, 0) is 30.3 Å². The highest BCUT2D eigenvalue weighted by Gasteiger charge is 2.36. The van der Waals surface area contributed by atoms with Crippen LogP contribution in [0.4, 0.5) is 17.1 Å². The predicted octanol–water partition coefficient (Wildman–Crippen LogP) is 3.86. The summed E-state index contributed by atoms with van der Waals surface area (Å²) >= 11 is 0. The molecule has 0 spiro atoms. The first-order chi connectivity index (χ1) is 19.7. The third-order valence-corrected chi connectivity index (χ3v) is 7.57. The number of sulfonamides is 1. The molecule has 0 saturated carbocycles. The lowest BCUT2D eigenvalue weighted by atomic mass is 10.00. The molecule has 0 fully saturated rings. The summed E-state index contributed by atoms with van der Waals surface area (Å²) in [6.07, 6.45) is 1.18. The van der Waals surface area contributed by atoms with Gasteiger partial charge in [0.2, 0.25) is 0 Å². The molecule has 0 unspecified atom stereocenters. The molecule has 0 aliphatic heterocycles. The fraction of sp³-hybridized carbons (Fsp3) is 0.167. The number of ether oxygens (including phenoxy) is 4. The number of anilines is 1. The molecule has 0 amide bonds. The molecular weight excluding hydrogens is 602 g/mol.